The van der Waals surface area contributed by atoms with Crippen LogP contribution >= 0.6 is 0 Å². The third kappa shape index (κ3) is 4.22. The molecule has 0 aliphatic heterocycles. The maximum atomic E-state index is 12.1. The molecule has 0 saturated heterocycles. The second kappa shape index (κ2) is 7.46. The molecule has 0 aliphatic rings. The number of benzene rings is 2. The highest BCUT2D eigenvalue weighted by Crippen LogP contribution is 2.29. The lowest BCUT2D eigenvalue weighted by atomic mass is 10.2. The Morgan fingerprint density at radius 3 is 2.50 bits per heavy atom. The number of anilines is 1. The van der Waals surface area contributed by atoms with Crippen LogP contribution in [0.4, 0.5) is 5.69 Å². The van der Waals surface area contributed by atoms with E-state index in [0.717, 1.165) is 12.2 Å². The lowest BCUT2D eigenvalue weighted by molar-refractivity contribution is -0.112. The van der Waals surface area contributed by atoms with Gasteiger partial charge in [0.15, 0.2) is 5.75 Å². The maximum Gasteiger partial charge on any atom is 0.251 e. The minimum atomic E-state index is -0.109. The average Bonchev–Trinajstić information content (AvgIpc) is 2.51. The summed E-state index contributed by atoms with van der Waals surface area (Å²) in [4.78, 5) is 12.1. The van der Waals surface area contributed by atoms with Gasteiger partial charge in [-0.3, -0.25) is 4.79 Å². The average molecular weight is 295 g/mol. The molecule has 0 fully saturated rings. The molecule has 2 aromatic rings. The number of carbonyl (C=O) groups is 1. The predicted octanol–water partition coefficient (Wildman–Crippen LogP) is 5.08. The van der Waals surface area contributed by atoms with E-state index in [1.165, 1.54) is 5.56 Å². The van der Waals surface area contributed by atoms with Gasteiger partial charge in [0, 0.05) is 5.57 Å². The van der Waals surface area contributed by atoms with Crippen molar-refractivity contribution in [3.8, 4) is 11.5 Å². The summed E-state index contributed by atoms with van der Waals surface area (Å²) in [7, 11) is 0. The fourth-order valence-electron chi connectivity index (χ4n) is 2.01. The summed E-state index contributed by atoms with van der Waals surface area (Å²) in [5.74, 6) is 1.26. The van der Waals surface area contributed by atoms with Crippen molar-refractivity contribution in [3.05, 3.63) is 65.7 Å². The Morgan fingerprint density at radius 2 is 1.82 bits per heavy atom. The predicted molar refractivity (Wildman–Crippen MR) is 90.4 cm³/mol. The van der Waals surface area contributed by atoms with Crippen LogP contribution < -0.4 is 10.1 Å². The lowest BCUT2D eigenvalue weighted by Crippen LogP contribution is -2.13. The number of amides is 1. The van der Waals surface area contributed by atoms with Gasteiger partial charge in [-0.25, -0.2) is 0 Å². The molecule has 3 nitrogen and oxygen atoms in total. The minimum absolute atomic E-state index is 0.109. The molecule has 1 amide bonds. The van der Waals surface area contributed by atoms with Crippen molar-refractivity contribution in [3.63, 3.8) is 0 Å². The van der Waals surface area contributed by atoms with E-state index in [9.17, 15) is 4.79 Å². The van der Waals surface area contributed by atoms with Crippen molar-refractivity contribution < 1.29 is 9.53 Å². The fourth-order valence-corrected chi connectivity index (χ4v) is 2.01. The Bertz CT molecular complexity index is 672. The molecule has 0 radical (unpaired) electrons. The number of hydrogen-bond donors (Lipinski definition) is 1. The van der Waals surface area contributed by atoms with E-state index in [2.05, 4.69) is 5.32 Å². The van der Waals surface area contributed by atoms with E-state index in [0.29, 0.717) is 17.0 Å². The first-order chi connectivity index (χ1) is 10.6. The summed E-state index contributed by atoms with van der Waals surface area (Å²) < 4.78 is 5.87. The summed E-state index contributed by atoms with van der Waals surface area (Å²) in [6, 6.07) is 15.2. The summed E-state index contributed by atoms with van der Waals surface area (Å²) in [5.41, 5.74) is 2.54. The Hall–Kier alpha value is -2.55. The van der Waals surface area contributed by atoms with Crippen LogP contribution in [0.2, 0.25) is 0 Å². The van der Waals surface area contributed by atoms with E-state index >= 15 is 0 Å². The van der Waals surface area contributed by atoms with Crippen molar-refractivity contribution >= 4 is 11.6 Å². The molecule has 0 aliphatic carbocycles. The molecule has 0 bridgehead atoms. The van der Waals surface area contributed by atoms with Gasteiger partial charge >= 0.3 is 0 Å². The number of aryl methyl sites for hydroxylation is 1. The molecular weight excluding hydrogens is 274 g/mol. The van der Waals surface area contributed by atoms with Gasteiger partial charge in [0.1, 0.15) is 5.75 Å². The van der Waals surface area contributed by atoms with Gasteiger partial charge in [0.25, 0.3) is 5.91 Å². The van der Waals surface area contributed by atoms with Gasteiger partial charge in [-0.1, -0.05) is 42.8 Å². The van der Waals surface area contributed by atoms with Gasteiger partial charge in [-0.05, 0) is 44.5 Å². The van der Waals surface area contributed by atoms with Crippen LogP contribution in [0.25, 0.3) is 0 Å². The van der Waals surface area contributed by atoms with Crippen LogP contribution in [0.15, 0.2) is 60.2 Å². The molecular formula is C19H21NO2. The monoisotopic (exact) mass is 295 g/mol. The molecule has 0 atom stereocenters. The van der Waals surface area contributed by atoms with Crippen LogP contribution in [0.5, 0.6) is 11.5 Å². The molecule has 0 saturated carbocycles. The van der Waals surface area contributed by atoms with Crippen LogP contribution in [-0.2, 0) is 4.79 Å². The van der Waals surface area contributed by atoms with E-state index in [1.54, 1.807) is 0 Å². The molecule has 22 heavy (non-hydrogen) atoms. The zero-order valence-electron chi connectivity index (χ0n) is 13.2. The summed E-state index contributed by atoms with van der Waals surface area (Å²) in [5, 5.41) is 2.89. The zero-order chi connectivity index (χ0) is 15.9. The van der Waals surface area contributed by atoms with Gasteiger partial charge in [-0.2, -0.15) is 0 Å². The summed E-state index contributed by atoms with van der Waals surface area (Å²) in [6.45, 7) is 5.84. The highest BCUT2D eigenvalue weighted by molar-refractivity contribution is 6.04. The lowest BCUT2D eigenvalue weighted by Gasteiger charge is -2.12. The van der Waals surface area contributed by atoms with E-state index < -0.39 is 0 Å². The molecule has 2 aromatic carbocycles. The first kappa shape index (κ1) is 15.8. The number of allylic oxidation sites excluding steroid dienone is 1. The molecule has 0 spiro atoms. The van der Waals surface area contributed by atoms with E-state index in [-0.39, 0.29) is 5.91 Å². The smallest absolute Gasteiger partial charge is 0.251 e. The normalized spacial score (nSPS) is 11.1. The van der Waals surface area contributed by atoms with Crippen LogP contribution in [-0.4, -0.2) is 5.91 Å². The summed E-state index contributed by atoms with van der Waals surface area (Å²) >= 11 is 0. The SMILES string of the molecule is CC/C=C(/C)C(=O)Nc1ccccc1Oc1ccc(C)cc1. The number of carbonyl (C=O) groups excluding carboxylic acids is 1. The fraction of sp³-hybridized carbons (Fsp3) is 0.211. The Balaban J connectivity index is 2.18. The molecule has 0 heterocycles. The molecule has 0 aromatic heterocycles. The second-order valence-electron chi connectivity index (χ2n) is 5.16. The van der Waals surface area contributed by atoms with E-state index in [1.807, 2.05) is 75.4 Å². The van der Waals surface area contributed by atoms with Crippen molar-refractivity contribution in [1.82, 2.24) is 0 Å². The highest BCUT2D eigenvalue weighted by atomic mass is 16.5. The quantitative estimate of drug-likeness (QED) is 0.781. The van der Waals surface area contributed by atoms with Gasteiger partial charge in [0.05, 0.1) is 5.69 Å². The van der Waals surface area contributed by atoms with Gasteiger partial charge in [0.2, 0.25) is 0 Å². The third-order valence-electron chi connectivity index (χ3n) is 3.25. The standard InChI is InChI=1S/C19H21NO2/c1-4-7-15(3)19(21)20-17-8-5-6-9-18(17)22-16-12-10-14(2)11-13-16/h5-13H,4H2,1-3H3,(H,20,21)/b15-7-. The zero-order valence-corrected chi connectivity index (χ0v) is 13.2. The van der Waals surface area contributed by atoms with Crippen LogP contribution in [0.3, 0.4) is 0 Å². The van der Waals surface area contributed by atoms with Gasteiger partial charge in [-0.15, -0.1) is 0 Å². The van der Waals surface area contributed by atoms with E-state index in [4.69, 9.17) is 4.74 Å². The van der Waals surface area contributed by atoms with Crippen molar-refractivity contribution in [1.29, 1.82) is 0 Å². The number of para-hydroxylation sites is 2. The minimum Gasteiger partial charge on any atom is -0.455 e. The molecule has 114 valence electrons. The molecule has 1 N–H and O–H groups in total. The largest absolute Gasteiger partial charge is 0.455 e. The first-order valence-electron chi connectivity index (χ1n) is 7.42. The second-order valence-corrected chi connectivity index (χ2v) is 5.16. The molecule has 3 heteroatoms. The number of hydrogen-bond acceptors (Lipinski definition) is 2. The third-order valence-corrected chi connectivity index (χ3v) is 3.25. The highest BCUT2D eigenvalue weighted by Gasteiger charge is 2.09. The van der Waals surface area contributed by atoms with Crippen molar-refractivity contribution in [2.24, 2.45) is 0 Å². The topological polar surface area (TPSA) is 38.3 Å². The number of nitrogens with one attached hydrogen (secondary N) is 1. The van der Waals surface area contributed by atoms with Crippen molar-refractivity contribution in [2.45, 2.75) is 27.2 Å². The molecule has 0 unspecified atom stereocenters. The van der Waals surface area contributed by atoms with Gasteiger partial charge < -0.3 is 10.1 Å². The van der Waals surface area contributed by atoms with Crippen LogP contribution in [0.1, 0.15) is 25.8 Å². The maximum absolute atomic E-state index is 12.1. The Morgan fingerprint density at radius 1 is 1.14 bits per heavy atom. The summed E-state index contributed by atoms with van der Waals surface area (Å²) in [6.07, 6.45) is 2.74. The Labute approximate surface area is 131 Å². The number of ether oxygens (including phenoxy) is 1. The Kier molecular flexibility index (Phi) is 5.37. The van der Waals surface area contributed by atoms with Crippen molar-refractivity contribution in [2.75, 3.05) is 5.32 Å². The number of rotatable bonds is 5. The first-order valence-corrected chi connectivity index (χ1v) is 7.42. The molecule has 2 rings (SSSR count). The van der Waals surface area contributed by atoms with Crippen LogP contribution in [0, 0.1) is 6.92 Å².